The molecule has 3 N–H and O–H groups in total. The van der Waals surface area contributed by atoms with Crippen LogP contribution in [0.1, 0.15) is 16.8 Å². The van der Waals surface area contributed by atoms with Crippen molar-refractivity contribution in [1.29, 1.82) is 0 Å². The molecule has 0 radical (unpaired) electrons. The van der Waals surface area contributed by atoms with Crippen molar-refractivity contribution in [2.45, 2.75) is 6.42 Å². The predicted molar refractivity (Wildman–Crippen MR) is 76.6 cm³/mol. The lowest BCUT2D eigenvalue weighted by molar-refractivity contribution is -0.384. The maximum Gasteiger partial charge on any atom is 0.304 e. The van der Waals surface area contributed by atoms with Gasteiger partial charge in [0.25, 0.3) is 5.91 Å². The van der Waals surface area contributed by atoms with Crippen molar-refractivity contribution >= 4 is 27.1 Å². The number of anilines is 1. The Morgan fingerprint density at radius 3 is 2.76 bits per heavy atom. The van der Waals surface area contributed by atoms with E-state index in [1.165, 1.54) is 18.2 Å². The summed E-state index contributed by atoms with van der Waals surface area (Å²) in [5.74, 6) is -0.629. The van der Waals surface area contributed by atoms with Gasteiger partial charge in [0.2, 0.25) is 0 Å². The van der Waals surface area contributed by atoms with Crippen molar-refractivity contribution in [3.63, 3.8) is 0 Å². The molecule has 114 valence electrons. The summed E-state index contributed by atoms with van der Waals surface area (Å²) in [5, 5.41) is 13.5. The second-order valence-corrected chi connectivity index (χ2v) is 7.21. The second kappa shape index (κ2) is 5.68. The molecule has 21 heavy (non-hydrogen) atoms. The van der Waals surface area contributed by atoms with Crippen molar-refractivity contribution < 1.29 is 18.1 Å². The van der Waals surface area contributed by atoms with Crippen molar-refractivity contribution in [3.8, 4) is 0 Å². The fourth-order valence-electron chi connectivity index (χ4n) is 2.31. The number of hydrogen-bond donors (Lipinski definition) is 2. The number of sulfone groups is 1. The summed E-state index contributed by atoms with van der Waals surface area (Å²) in [4.78, 5) is 22.3. The maximum absolute atomic E-state index is 12.0. The number of hydrogen-bond acceptors (Lipinski definition) is 6. The average Bonchev–Trinajstić information content (AvgIpc) is 2.74. The zero-order chi connectivity index (χ0) is 15.6. The maximum atomic E-state index is 12.0. The Bertz CT molecular complexity index is 686. The minimum atomic E-state index is -3.02. The van der Waals surface area contributed by atoms with Crippen molar-refractivity contribution in [2.75, 3.05) is 23.8 Å². The van der Waals surface area contributed by atoms with Crippen LogP contribution >= 0.6 is 0 Å². The van der Waals surface area contributed by atoms with Crippen molar-refractivity contribution in [2.24, 2.45) is 5.92 Å². The number of carbonyl (C=O) groups excluding carboxylic acids is 1. The molecule has 0 aliphatic carbocycles. The SMILES string of the molecule is Nc1cccc(C(=O)NCC2CCS(=O)(=O)C2)c1[N+](=O)[O-]. The molecule has 1 atom stereocenters. The summed E-state index contributed by atoms with van der Waals surface area (Å²) in [7, 11) is -3.02. The number of para-hydroxylation sites is 1. The Labute approximate surface area is 121 Å². The highest BCUT2D eigenvalue weighted by molar-refractivity contribution is 7.91. The number of nitrogens with one attached hydrogen (secondary N) is 1. The van der Waals surface area contributed by atoms with E-state index in [2.05, 4.69) is 5.32 Å². The summed E-state index contributed by atoms with van der Waals surface area (Å²) >= 11 is 0. The molecule has 2 rings (SSSR count). The summed E-state index contributed by atoms with van der Waals surface area (Å²) in [6.45, 7) is 0.171. The topological polar surface area (TPSA) is 132 Å². The van der Waals surface area contributed by atoms with E-state index in [4.69, 9.17) is 5.73 Å². The number of amides is 1. The van der Waals surface area contributed by atoms with Crippen LogP contribution in [0.5, 0.6) is 0 Å². The number of rotatable bonds is 4. The predicted octanol–water partition coefficient (Wildman–Crippen LogP) is 0.342. The summed E-state index contributed by atoms with van der Waals surface area (Å²) in [5.41, 5.74) is 4.87. The standard InChI is InChI=1S/C12H15N3O5S/c13-10-3-1-2-9(11(10)15(17)18)12(16)14-6-8-4-5-21(19,20)7-8/h1-3,8H,4-7,13H2,(H,14,16). The number of nitro groups is 1. The van der Waals surface area contributed by atoms with Gasteiger partial charge in [-0.1, -0.05) is 6.07 Å². The molecule has 0 saturated carbocycles. The molecular formula is C12H15N3O5S. The minimum absolute atomic E-state index is 0.0340. The van der Waals surface area contributed by atoms with Crippen molar-refractivity contribution in [3.05, 3.63) is 33.9 Å². The van der Waals surface area contributed by atoms with Crippen molar-refractivity contribution in [1.82, 2.24) is 5.32 Å². The van der Waals surface area contributed by atoms with Crippen LogP contribution in [-0.2, 0) is 9.84 Å². The number of benzene rings is 1. The second-order valence-electron chi connectivity index (χ2n) is 4.98. The zero-order valence-corrected chi connectivity index (χ0v) is 11.9. The van der Waals surface area contributed by atoms with Gasteiger partial charge in [-0.25, -0.2) is 8.42 Å². The van der Waals surface area contributed by atoms with E-state index in [0.29, 0.717) is 6.42 Å². The molecule has 1 heterocycles. The van der Waals surface area contributed by atoms with Gasteiger partial charge in [-0.05, 0) is 24.5 Å². The highest BCUT2D eigenvalue weighted by atomic mass is 32.2. The van der Waals surface area contributed by atoms with E-state index < -0.39 is 26.4 Å². The third-order valence-corrected chi connectivity index (χ3v) is 5.21. The van der Waals surface area contributed by atoms with E-state index in [1.807, 2.05) is 0 Å². The molecule has 1 aliphatic heterocycles. The zero-order valence-electron chi connectivity index (χ0n) is 11.1. The van der Waals surface area contributed by atoms with E-state index in [1.54, 1.807) is 0 Å². The van der Waals surface area contributed by atoms with Crippen LogP contribution in [0, 0.1) is 16.0 Å². The summed E-state index contributed by atoms with van der Waals surface area (Å²) in [6.07, 6.45) is 0.488. The van der Waals surface area contributed by atoms with Gasteiger partial charge in [0.1, 0.15) is 11.3 Å². The monoisotopic (exact) mass is 313 g/mol. The molecule has 1 aromatic carbocycles. The lowest BCUT2D eigenvalue weighted by atomic mass is 10.1. The van der Waals surface area contributed by atoms with Gasteiger partial charge in [0.05, 0.1) is 16.4 Å². The first-order chi connectivity index (χ1) is 9.80. The van der Waals surface area contributed by atoms with Gasteiger partial charge < -0.3 is 11.1 Å². The largest absolute Gasteiger partial charge is 0.393 e. The van der Waals surface area contributed by atoms with Gasteiger partial charge in [0.15, 0.2) is 9.84 Å². The normalized spacial score (nSPS) is 20.1. The smallest absolute Gasteiger partial charge is 0.304 e. The third-order valence-electron chi connectivity index (χ3n) is 3.37. The number of carbonyl (C=O) groups is 1. The van der Waals surface area contributed by atoms with Gasteiger partial charge >= 0.3 is 5.69 Å². The van der Waals surface area contributed by atoms with E-state index >= 15 is 0 Å². The first-order valence-electron chi connectivity index (χ1n) is 6.31. The molecule has 1 unspecified atom stereocenters. The molecule has 1 saturated heterocycles. The molecular weight excluding hydrogens is 298 g/mol. The molecule has 0 aromatic heterocycles. The summed E-state index contributed by atoms with van der Waals surface area (Å²) < 4.78 is 22.7. The fraction of sp³-hybridized carbons (Fsp3) is 0.417. The molecule has 0 bridgehead atoms. The molecule has 1 amide bonds. The van der Waals surface area contributed by atoms with E-state index in [-0.39, 0.29) is 35.2 Å². The average molecular weight is 313 g/mol. The van der Waals surface area contributed by atoms with E-state index in [0.717, 1.165) is 0 Å². The molecule has 9 heteroatoms. The van der Waals surface area contributed by atoms with Crippen LogP contribution in [-0.4, -0.2) is 37.3 Å². The Kier molecular flexibility index (Phi) is 4.12. The quantitative estimate of drug-likeness (QED) is 0.468. The molecule has 1 aliphatic rings. The molecule has 1 fully saturated rings. The minimum Gasteiger partial charge on any atom is -0.393 e. The number of nitrogens with two attached hydrogens (primary N) is 1. The Hall–Kier alpha value is -2.16. The van der Waals surface area contributed by atoms with Gasteiger partial charge in [-0.3, -0.25) is 14.9 Å². The summed E-state index contributed by atoms with van der Waals surface area (Å²) in [6, 6.07) is 4.12. The van der Waals surface area contributed by atoms with Crippen LogP contribution in [0.2, 0.25) is 0 Å². The van der Waals surface area contributed by atoms with Gasteiger partial charge in [-0.15, -0.1) is 0 Å². The van der Waals surface area contributed by atoms with Crippen LogP contribution < -0.4 is 11.1 Å². The Morgan fingerprint density at radius 1 is 1.48 bits per heavy atom. The lowest BCUT2D eigenvalue weighted by Crippen LogP contribution is -2.30. The number of nitrogen functional groups attached to an aromatic ring is 1. The third kappa shape index (κ3) is 3.48. The highest BCUT2D eigenvalue weighted by Gasteiger charge is 2.29. The first kappa shape index (κ1) is 15.2. The Balaban J connectivity index is 2.08. The van der Waals surface area contributed by atoms with Crippen LogP contribution in [0.15, 0.2) is 18.2 Å². The van der Waals surface area contributed by atoms with Crippen LogP contribution in [0.3, 0.4) is 0 Å². The Morgan fingerprint density at radius 2 is 2.19 bits per heavy atom. The van der Waals surface area contributed by atoms with Gasteiger partial charge in [0, 0.05) is 6.54 Å². The fourth-order valence-corrected chi connectivity index (χ4v) is 4.18. The molecule has 8 nitrogen and oxygen atoms in total. The van der Waals surface area contributed by atoms with Crippen LogP contribution in [0.25, 0.3) is 0 Å². The lowest BCUT2D eigenvalue weighted by Gasteiger charge is -2.10. The molecule has 1 aromatic rings. The molecule has 0 spiro atoms. The van der Waals surface area contributed by atoms with Crippen LogP contribution in [0.4, 0.5) is 11.4 Å². The van der Waals surface area contributed by atoms with E-state index in [9.17, 15) is 23.3 Å². The number of nitro benzene ring substituents is 1. The van der Waals surface area contributed by atoms with Gasteiger partial charge in [-0.2, -0.15) is 0 Å². The highest BCUT2D eigenvalue weighted by Crippen LogP contribution is 2.26. The first-order valence-corrected chi connectivity index (χ1v) is 8.14. The number of nitrogens with zero attached hydrogens (tertiary/aromatic N) is 1.